The molecular formula is C17H33NO. The average Bonchev–Trinajstić information content (AvgIpc) is 2.45. The maximum Gasteiger partial charge on any atom is 0.0809 e. The maximum absolute atomic E-state index is 6.24. The minimum absolute atomic E-state index is 0.0779. The van der Waals surface area contributed by atoms with Crippen LogP contribution in [0.1, 0.15) is 72.1 Å². The largest absolute Gasteiger partial charge is 0.374 e. The molecule has 0 aromatic rings. The Balaban J connectivity index is 2.05. The lowest BCUT2D eigenvalue weighted by Gasteiger charge is -2.46. The van der Waals surface area contributed by atoms with Crippen LogP contribution in [0.5, 0.6) is 0 Å². The van der Waals surface area contributed by atoms with Crippen LogP contribution in [-0.2, 0) is 4.74 Å². The van der Waals surface area contributed by atoms with Gasteiger partial charge in [0.15, 0.2) is 0 Å². The molecule has 2 fully saturated rings. The zero-order valence-corrected chi connectivity index (χ0v) is 13.2. The highest BCUT2D eigenvalue weighted by molar-refractivity contribution is 4.96. The molecule has 0 bridgehead atoms. The Kier molecular flexibility index (Phi) is 5.70. The van der Waals surface area contributed by atoms with Crippen LogP contribution >= 0.6 is 0 Å². The zero-order chi connectivity index (χ0) is 13.7. The summed E-state index contributed by atoms with van der Waals surface area (Å²) >= 11 is 0. The maximum atomic E-state index is 6.24. The fourth-order valence-corrected chi connectivity index (χ4v) is 4.31. The van der Waals surface area contributed by atoms with E-state index in [1.165, 1.54) is 51.4 Å². The Morgan fingerprint density at radius 1 is 1.21 bits per heavy atom. The van der Waals surface area contributed by atoms with Crippen molar-refractivity contribution < 1.29 is 4.74 Å². The molecule has 1 heterocycles. The van der Waals surface area contributed by atoms with E-state index in [1.807, 2.05) is 0 Å². The van der Waals surface area contributed by atoms with Gasteiger partial charge in [0.2, 0.25) is 0 Å². The summed E-state index contributed by atoms with van der Waals surface area (Å²) in [5.41, 5.74) is 0.0779. The lowest BCUT2D eigenvalue weighted by Crippen LogP contribution is -2.56. The van der Waals surface area contributed by atoms with Crippen LogP contribution in [0.15, 0.2) is 0 Å². The van der Waals surface area contributed by atoms with Gasteiger partial charge in [-0.05, 0) is 57.4 Å². The molecule has 0 aromatic heterocycles. The van der Waals surface area contributed by atoms with E-state index in [2.05, 4.69) is 26.1 Å². The fraction of sp³-hybridized carbons (Fsp3) is 1.00. The number of ether oxygens (including phenoxy) is 1. The van der Waals surface area contributed by atoms with Crippen molar-refractivity contribution in [1.29, 1.82) is 0 Å². The highest BCUT2D eigenvalue weighted by atomic mass is 16.5. The Hall–Kier alpha value is -0.0800. The van der Waals surface area contributed by atoms with Gasteiger partial charge in [0.05, 0.1) is 5.60 Å². The number of likely N-dealkylation sites (N-methyl/N-ethyl adjacent to an activating group) is 1. The first-order valence-corrected chi connectivity index (χ1v) is 8.57. The molecule has 1 saturated carbocycles. The second kappa shape index (κ2) is 7.08. The van der Waals surface area contributed by atoms with E-state index in [0.717, 1.165) is 25.0 Å². The molecule has 0 spiro atoms. The van der Waals surface area contributed by atoms with Gasteiger partial charge in [0.1, 0.15) is 0 Å². The van der Waals surface area contributed by atoms with E-state index in [1.54, 1.807) is 0 Å². The molecule has 1 aliphatic carbocycles. The SMILES string of the molecule is CCNC(C1CCCC(CC)C1)C1(C)CCCCO1. The first kappa shape index (κ1) is 15.3. The van der Waals surface area contributed by atoms with Gasteiger partial charge in [-0.15, -0.1) is 0 Å². The molecule has 4 unspecified atom stereocenters. The first-order valence-electron chi connectivity index (χ1n) is 8.57. The van der Waals surface area contributed by atoms with Crippen LogP contribution in [-0.4, -0.2) is 24.8 Å². The summed E-state index contributed by atoms with van der Waals surface area (Å²) in [5.74, 6) is 1.77. The lowest BCUT2D eigenvalue weighted by molar-refractivity contribution is -0.105. The van der Waals surface area contributed by atoms with Crippen LogP contribution in [0.3, 0.4) is 0 Å². The summed E-state index contributed by atoms with van der Waals surface area (Å²) < 4.78 is 6.24. The molecule has 2 heteroatoms. The highest BCUT2D eigenvalue weighted by Gasteiger charge is 2.41. The van der Waals surface area contributed by atoms with Crippen molar-refractivity contribution in [1.82, 2.24) is 5.32 Å². The molecule has 1 saturated heterocycles. The van der Waals surface area contributed by atoms with Crippen LogP contribution in [0.4, 0.5) is 0 Å². The molecule has 4 atom stereocenters. The van der Waals surface area contributed by atoms with Crippen molar-refractivity contribution in [3.63, 3.8) is 0 Å². The fourth-order valence-electron chi connectivity index (χ4n) is 4.31. The molecule has 112 valence electrons. The summed E-state index contributed by atoms with van der Waals surface area (Å²) in [6, 6.07) is 0.562. The van der Waals surface area contributed by atoms with Gasteiger partial charge >= 0.3 is 0 Å². The Bertz CT molecular complexity index is 260. The van der Waals surface area contributed by atoms with Gasteiger partial charge in [0.25, 0.3) is 0 Å². The van der Waals surface area contributed by atoms with E-state index in [0.29, 0.717) is 6.04 Å². The monoisotopic (exact) mass is 267 g/mol. The Labute approximate surface area is 119 Å². The second-order valence-electron chi connectivity index (χ2n) is 6.85. The van der Waals surface area contributed by atoms with E-state index < -0.39 is 0 Å². The van der Waals surface area contributed by atoms with E-state index in [9.17, 15) is 0 Å². The lowest BCUT2D eigenvalue weighted by atomic mass is 9.71. The molecule has 0 radical (unpaired) electrons. The Morgan fingerprint density at radius 2 is 2.05 bits per heavy atom. The van der Waals surface area contributed by atoms with Crippen LogP contribution in [0.2, 0.25) is 0 Å². The van der Waals surface area contributed by atoms with Gasteiger partial charge in [0, 0.05) is 12.6 Å². The van der Waals surface area contributed by atoms with E-state index in [-0.39, 0.29) is 5.60 Å². The predicted octanol–water partition coefficient (Wildman–Crippen LogP) is 4.14. The summed E-state index contributed by atoms with van der Waals surface area (Å²) in [6.45, 7) is 8.97. The minimum atomic E-state index is 0.0779. The number of rotatable bonds is 5. The van der Waals surface area contributed by atoms with Crippen molar-refractivity contribution in [3.8, 4) is 0 Å². The third-order valence-electron chi connectivity index (χ3n) is 5.45. The first-order chi connectivity index (χ1) is 9.19. The summed E-state index contributed by atoms with van der Waals surface area (Å²) in [7, 11) is 0. The van der Waals surface area contributed by atoms with Gasteiger partial charge in [-0.3, -0.25) is 0 Å². The standard InChI is InChI=1S/C17H33NO/c1-4-14-9-8-10-15(13-14)16(18-5-2)17(3)11-6-7-12-19-17/h14-16,18H,4-13H2,1-3H3. The smallest absolute Gasteiger partial charge is 0.0809 e. The average molecular weight is 267 g/mol. The Morgan fingerprint density at radius 3 is 2.68 bits per heavy atom. The number of hydrogen-bond donors (Lipinski definition) is 1. The molecule has 1 aliphatic heterocycles. The quantitative estimate of drug-likeness (QED) is 0.808. The summed E-state index contributed by atoms with van der Waals surface area (Å²) in [4.78, 5) is 0. The molecule has 1 N–H and O–H groups in total. The van der Waals surface area contributed by atoms with Crippen molar-refractivity contribution in [2.75, 3.05) is 13.2 Å². The van der Waals surface area contributed by atoms with E-state index >= 15 is 0 Å². The topological polar surface area (TPSA) is 21.3 Å². The zero-order valence-electron chi connectivity index (χ0n) is 13.2. The molecule has 2 aliphatic rings. The highest BCUT2D eigenvalue weighted by Crippen LogP contribution is 2.39. The van der Waals surface area contributed by atoms with Gasteiger partial charge in [-0.25, -0.2) is 0 Å². The predicted molar refractivity (Wildman–Crippen MR) is 81.4 cm³/mol. The van der Waals surface area contributed by atoms with Crippen LogP contribution in [0.25, 0.3) is 0 Å². The molecule has 2 nitrogen and oxygen atoms in total. The molecule has 19 heavy (non-hydrogen) atoms. The normalized spacial score (nSPS) is 38.1. The number of hydrogen-bond acceptors (Lipinski definition) is 2. The van der Waals surface area contributed by atoms with E-state index in [4.69, 9.17) is 4.74 Å². The molecule has 0 aromatic carbocycles. The van der Waals surface area contributed by atoms with Gasteiger partial charge in [-0.2, -0.15) is 0 Å². The van der Waals surface area contributed by atoms with Crippen molar-refractivity contribution in [2.45, 2.75) is 83.8 Å². The van der Waals surface area contributed by atoms with Gasteiger partial charge < -0.3 is 10.1 Å². The second-order valence-corrected chi connectivity index (χ2v) is 6.85. The molecule has 2 rings (SSSR count). The minimum Gasteiger partial charge on any atom is -0.374 e. The summed E-state index contributed by atoms with van der Waals surface area (Å²) in [5, 5.41) is 3.78. The van der Waals surface area contributed by atoms with Crippen LogP contribution < -0.4 is 5.32 Å². The summed E-state index contributed by atoms with van der Waals surface area (Å²) in [6.07, 6.45) is 10.8. The van der Waals surface area contributed by atoms with Crippen molar-refractivity contribution >= 4 is 0 Å². The van der Waals surface area contributed by atoms with Crippen LogP contribution in [0, 0.1) is 11.8 Å². The molecule has 0 amide bonds. The third kappa shape index (κ3) is 3.72. The molecular weight excluding hydrogens is 234 g/mol. The number of nitrogens with one attached hydrogen (secondary N) is 1. The third-order valence-corrected chi connectivity index (χ3v) is 5.45. The van der Waals surface area contributed by atoms with Gasteiger partial charge in [-0.1, -0.05) is 33.1 Å². The van der Waals surface area contributed by atoms with Crippen molar-refractivity contribution in [3.05, 3.63) is 0 Å². The van der Waals surface area contributed by atoms with Crippen molar-refractivity contribution in [2.24, 2.45) is 11.8 Å².